The van der Waals surface area contributed by atoms with Gasteiger partial charge in [-0.25, -0.2) is 4.98 Å². The van der Waals surface area contributed by atoms with E-state index in [4.69, 9.17) is 4.42 Å². The molecule has 0 bridgehead atoms. The van der Waals surface area contributed by atoms with Crippen LogP contribution in [0.5, 0.6) is 0 Å². The van der Waals surface area contributed by atoms with Gasteiger partial charge in [0.1, 0.15) is 5.69 Å². The molecule has 1 aromatic carbocycles. The largest absolute Gasteiger partial charge is 0.462 e. The van der Waals surface area contributed by atoms with Gasteiger partial charge in [0, 0.05) is 44.1 Å². The van der Waals surface area contributed by atoms with Gasteiger partial charge in [0.05, 0.1) is 6.26 Å². The van der Waals surface area contributed by atoms with E-state index in [0.29, 0.717) is 18.0 Å². The highest BCUT2D eigenvalue weighted by atomic mass is 32.1. The summed E-state index contributed by atoms with van der Waals surface area (Å²) in [5.41, 5.74) is 2.85. The van der Waals surface area contributed by atoms with Crippen LogP contribution in [0.15, 0.2) is 47.1 Å². The summed E-state index contributed by atoms with van der Waals surface area (Å²) in [6.07, 6.45) is 1.61. The molecule has 0 radical (unpaired) electrons. The molecule has 0 saturated carbocycles. The van der Waals surface area contributed by atoms with Gasteiger partial charge in [-0.1, -0.05) is 24.3 Å². The summed E-state index contributed by atoms with van der Waals surface area (Å²) >= 11 is 1.47. The SMILES string of the molecule is Cc1sc(-c2ccco2)nc1C(=O)NCc1cccc(CN2CCN(C)CC2)c1. The summed E-state index contributed by atoms with van der Waals surface area (Å²) in [5, 5.41) is 3.73. The van der Waals surface area contributed by atoms with Crippen molar-refractivity contribution in [2.45, 2.75) is 20.0 Å². The van der Waals surface area contributed by atoms with Crippen LogP contribution in [0, 0.1) is 6.92 Å². The topological polar surface area (TPSA) is 61.6 Å². The van der Waals surface area contributed by atoms with Gasteiger partial charge in [-0.2, -0.15) is 0 Å². The molecule has 0 spiro atoms. The molecular formula is C22H26N4O2S. The van der Waals surface area contributed by atoms with E-state index in [2.05, 4.69) is 51.4 Å². The lowest BCUT2D eigenvalue weighted by atomic mass is 10.1. The van der Waals surface area contributed by atoms with E-state index in [1.807, 2.05) is 19.1 Å². The van der Waals surface area contributed by atoms with Crippen molar-refractivity contribution in [2.24, 2.45) is 0 Å². The van der Waals surface area contributed by atoms with E-state index in [9.17, 15) is 4.79 Å². The number of nitrogens with zero attached hydrogens (tertiary/aromatic N) is 3. The summed E-state index contributed by atoms with van der Waals surface area (Å²) in [6, 6.07) is 12.1. The highest BCUT2D eigenvalue weighted by Crippen LogP contribution is 2.27. The van der Waals surface area contributed by atoms with E-state index >= 15 is 0 Å². The molecule has 2 aromatic heterocycles. The average Bonchev–Trinajstić information content (AvgIpc) is 3.38. The van der Waals surface area contributed by atoms with Crippen molar-refractivity contribution in [1.29, 1.82) is 0 Å². The van der Waals surface area contributed by atoms with Crippen molar-refractivity contribution in [3.05, 3.63) is 64.4 Å². The molecule has 0 aliphatic carbocycles. The second-order valence-corrected chi connectivity index (χ2v) is 8.69. The Balaban J connectivity index is 1.36. The zero-order valence-electron chi connectivity index (χ0n) is 16.9. The standard InChI is InChI=1S/C22H26N4O2S/c1-16-20(24-22(29-16)19-7-4-12-28-19)21(27)23-14-17-5-3-6-18(13-17)15-26-10-8-25(2)9-11-26/h3-7,12-13H,8-11,14-15H2,1-2H3,(H,23,27). The molecule has 3 heterocycles. The Labute approximate surface area is 175 Å². The third-order valence-corrected chi connectivity index (χ3v) is 6.18. The predicted octanol–water partition coefficient (Wildman–Crippen LogP) is 3.39. The van der Waals surface area contributed by atoms with Gasteiger partial charge in [0.15, 0.2) is 10.8 Å². The van der Waals surface area contributed by atoms with Gasteiger partial charge >= 0.3 is 0 Å². The Kier molecular flexibility index (Phi) is 6.08. The van der Waals surface area contributed by atoms with Crippen molar-refractivity contribution in [3.63, 3.8) is 0 Å². The first-order chi connectivity index (χ1) is 14.1. The molecule has 1 N–H and O–H groups in total. The fourth-order valence-electron chi connectivity index (χ4n) is 3.48. The van der Waals surface area contributed by atoms with Gasteiger partial charge in [-0.05, 0) is 37.2 Å². The molecule has 29 heavy (non-hydrogen) atoms. The molecule has 1 aliphatic heterocycles. The van der Waals surface area contributed by atoms with Crippen LogP contribution in [0.25, 0.3) is 10.8 Å². The lowest BCUT2D eigenvalue weighted by molar-refractivity contribution is 0.0946. The molecule has 7 heteroatoms. The van der Waals surface area contributed by atoms with Crippen LogP contribution in [-0.2, 0) is 13.1 Å². The molecule has 0 atom stereocenters. The van der Waals surface area contributed by atoms with E-state index < -0.39 is 0 Å². The van der Waals surface area contributed by atoms with Crippen LogP contribution >= 0.6 is 11.3 Å². The molecule has 3 aromatic rings. The maximum atomic E-state index is 12.6. The normalized spacial score (nSPS) is 15.5. The number of thiazole rings is 1. The van der Waals surface area contributed by atoms with Crippen LogP contribution in [0.2, 0.25) is 0 Å². The van der Waals surface area contributed by atoms with Crippen molar-refractivity contribution in [1.82, 2.24) is 20.1 Å². The van der Waals surface area contributed by atoms with Crippen molar-refractivity contribution in [2.75, 3.05) is 33.2 Å². The molecule has 6 nitrogen and oxygen atoms in total. The molecule has 0 unspecified atom stereocenters. The number of rotatable bonds is 6. The van der Waals surface area contributed by atoms with E-state index in [1.54, 1.807) is 6.26 Å². The van der Waals surface area contributed by atoms with Crippen molar-refractivity contribution < 1.29 is 9.21 Å². The first-order valence-corrected chi connectivity index (χ1v) is 10.7. The van der Waals surface area contributed by atoms with Crippen LogP contribution in [0.4, 0.5) is 0 Å². The summed E-state index contributed by atoms with van der Waals surface area (Å²) in [6.45, 7) is 7.77. The highest BCUT2D eigenvalue weighted by molar-refractivity contribution is 7.15. The zero-order valence-corrected chi connectivity index (χ0v) is 17.7. The van der Waals surface area contributed by atoms with Gasteiger partial charge in [0.2, 0.25) is 0 Å². The fraction of sp³-hybridized carbons (Fsp3) is 0.364. The van der Waals surface area contributed by atoms with Gasteiger partial charge in [-0.15, -0.1) is 11.3 Å². The van der Waals surface area contributed by atoms with E-state index in [0.717, 1.165) is 48.2 Å². The number of piperazine rings is 1. The third kappa shape index (κ3) is 4.93. The Hall–Kier alpha value is -2.48. The molecule has 1 amide bonds. The second-order valence-electron chi connectivity index (χ2n) is 7.48. The minimum absolute atomic E-state index is 0.152. The Morgan fingerprint density at radius 3 is 2.72 bits per heavy atom. The number of amides is 1. The maximum Gasteiger partial charge on any atom is 0.271 e. The van der Waals surface area contributed by atoms with Crippen molar-refractivity contribution >= 4 is 17.2 Å². The number of aryl methyl sites for hydroxylation is 1. The minimum Gasteiger partial charge on any atom is -0.462 e. The number of carbonyl (C=O) groups is 1. The molecule has 1 fully saturated rings. The number of likely N-dealkylation sites (N-methyl/N-ethyl adjacent to an activating group) is 1. The van der Waals surface area contributed by atoms with E-state index in [-0.39, 0.29) is 5.91 Å². The molecule has 1 aliphatic rings. The third-order valence-electron chi connectivity index (χ3n) is 5.19. The van der Waals surface area contributed by atoms with Crippen LogP contribution < -0.4 is 5.32 Å². The zero-order chi connectivity index (χ0) is 20.2. The number of hydrogen-bond donors (Lipinski definition) is 1. The van der Waals surface area contributed by atoms with Gasteiger partial charge in [-0.3, -0.25) is 9.69 Å². The van der Waals surface area contributed by atoms with Crippen LogP contribution in [0.1, 0.15) is 26.5 Å². The van der Waals surface area contributed by atoms with Crippen LogP contribution in [-0.4, -0.2) is 53.9 Å². The summed E-state index contributed by atoms with van der Waals surface area (Å²) in [7, 11) is 2.17. The lowest BCUT2D eigenvalue weighted by Crippen LogP contribution is -2.43. The Morgan fingerprint density at radius 2 is 1.97 bits per heavy atom. The number of benzene rings is 1. The summed E-state index contributed by atoms with van der Waals surface area (Å²) in [5.74, 6) is 0.537. The number of furan rings is 1. The Bertz CT molecular complexity index is 959. The quantitative estimate of drug-likeness (QED) is 0.675. The molecular weight excluding hydrogens is 384 g/mol. The fourth-order valence-corrected chi connectivity index (χ4v) is 4.36. The lowest BCUT2D eigenvalue weighted by Gasteiger charge is -2.32. The van der Waals surface area contributed by atoms with Crippen LogP contribution in [0.3, 0.4) is 0 Å². The second kappa shape index (κ2) is 8.90. The van der Waals surface area contributed by atoms with Gasteiger partial charge in [0.25, 0.3) is 5.91 Å². The summed E-state index contributed by atoms with van der Waals surface area (Å²) < 4.78 is 5.39. The number of hydrogen-bond acceptors (Lipinski definition) is 6. The van der Waals surface area contributed by atoms with Gasteiger partial charge < -0.3 is 14.6 Å². The Morgan fingerprint density at radius 1 is 1.17 bits per heavy atom. The molecule has 4 rings (SSSR count). The maximum absolute atomic E-state index is 12.6. The predicted molar refractivity (Wildman–Crippen MR) is 115 cm³/mol. The first kappa shape index (κ1) is 19.8. The number of nitrogens with one attached hydrogen (secondary N) is 1. The first-order valence-electron chi connectivity index (χ1n) is 9.87. The highest BCUT2D eigenvalue weighted by Gasteiger charge is 2.18. The van der Waals surface area contributed by atoms with E-state index in [1.165, 1.54) is 16.9 Å². The average molecular weight is 411 g/mol. The number of aromatic nitrogens is 1. The number of carbonyl (C=O) groups excluding carboxylic acids is 1. The minimum atomic E-state index is -0.152. The summed E-state index contributed by atoms with van der Waals surface area (Å²) in [4.78, 5) is 22.8. The smallest absolute Gasteiger partial charge is 0.271 e. The van der Waals surface area contributed by atoms with Crippen molar-refractivity contribution in [3.8, 4) is 10.8 Å². The molecule has 152 valence electrons. The monoisotopic (exact) mass is 410 g/mol. The molecule has 1 saturated heterocycles.